The van der Waals surface area contributed by atoms with Crippen molar-refractivity contribution in [2.75, 3.05) is 6.54 Å². The highest BCUT2D eigenvalue weighted by Gasteiger charge is 2.22. The third kappa shape index (κ3) is 3.33. The second kappa shape index (κ2) is 6.35. The number of hydrogen-bond donors (Lipinski definition) is 1. The summed E-state index contributed by atoms with van der Waals surface area (Å²) in [7, 11) is 0. The molecule has 1 aromatic rings. The lowest BCUT2D eigenvalue weighted by Crippen LogP contribution is -2.40. The van der Waals surface area contributed by atoms with Gasteiger partial charge < -0.3 is 5.32 Å². The molecule has 0 saturated carbocycles. The number of rotatable bonds is 6. The molecular weight excluding hydrogens is 220 g/mol. The molecule has 18 heavy (non-hydrogen) atoms. The molecule has 0 amide bonds. The van der Waals surface area contributed by atoms with Crippen molar-refractivity contribution in [1.82, 2.24) is 10.2 Å². The molecule has 2 rings (SSSR count). The summed E-state index contributed by atoms with van der Waals surface area (Å²) >= 11 is 0. The Morgan fingerprint density at radius 3 is 2.33 bits per heavy atom. The summed E-state index contributed by atoms with van der Waals surface area (Å²) in [5, 5.41) is 3.65. The maximum absolute atomic E-state index is 3.65. The summed E-state index contributed by atoms with van der Waals surface area (Å²) in [5.41, 5.74) is 3.01. The number of hydrogen-bond acceptors (Lipinski definition) is 2. The number of nitrogens with one attached hydrogen (secondary N) is 1. The lowest BCUT2D eigenvalue weighted by atomic mass is 10.1. The fourth-order valence-electron chi connectivity index (χ4n) is 2.71. The van der Waals surface area contributed by atoms with E-state index in [1.165, 1.54) is 24.0 Å². The predicted octanol–water partition coefficient (Wildman–Crippen LogP) is 3.17. The molecule has 1 aliphatic heterocycles. The van der Waals surface area contributed by atoms with Crippen molar-refractivity contribution >= 4 is 0 Å². The summed E-state index contributed by atoms with van der Waals surface area (Å²) in [5.74, 6) is 0. The van der Waals surface area contributed by atoms with E-state index in [2.05, 4.69) is 55.3 Å². The summed E-state index contributed by atoms with van der Waals surface area (Å²) in [6.07, 6.45) is 2.53. The van der Waals surface area contributed by atoms with Crippen LogP contribution in [0.1, 0.15) is 44.7 Å². The van der Waals surface area contributed by atoms with Crippen LogP contribution in [0, 0.1) is 0 Å². The van der Waals surface area contributed by atoms with E-state index in [1.54, 1.807) is 0 Å². The van der Waals surface area contributed by atoms with E-state index in [4.69, 9.17) is 0 Å². The Balaban J connectivity index is 1.80. The van der Waals surface area contributed by atoms with E-state index < -0.39 is 0 Å². The SMILES string of the molecule is CCCC(C)NCC(C)N1Cc2ccccc2C1. The molecule has 2 heteroatoms. The predicted molar refractivity (Wildman–Crippen MR) is 77.5 cm³/mol. The molecule has 0 aliphatic carbocycles. The van der Waals surface area contributed by atoms with Gasteiger partial charge in [0.25, 0.3) is 0 Å². The van der Waals surface area contributed by atoms with E-state index >= 15 is 0 Å². The van der Waals surface area contributed by atoms with Crippen LogP contribution in [-0.4, -0.2) is 23.5 Å². The first-order chi connectivity index (χ1) is 8.70. The van der Waals surface area contributed by atoms with E-state index in [1.807, 2.05) is 0 Å². The van der Waals surface area contributed by atoms with E-state index in [0.29, 0.717) is 12.1 Å². The highest BCUT2D eigenvalue weighted by Crippen LogP contribution is 2.23. The second-order valence-electron chi connectivity index (χ2n) is 5.62. The van der Waals surface area contributed by atoms with Gasteiger partial charge in [-0.25, -0.2) is 0 Å². The van der Waals surface area contributed by atoms with E-state index in [-0.39, 0.29) is 0 Å². The molecule has 1 N–H and O–H groups in total. The molecule has 1 aromatic carbocycles. The largest absolute Gasteiger partial charge is 0.313 e. The number of nitrogens with zero attached hydrogens (tertiary/aromatic N) is 1. The summed E-state index contributed by atoms with van der Waals surface area (Å²) in [4.78, 5) is 2.57. The maximum Gasteiger partial charge on any atom is 0.0243 e. The first kappa shape index (κ1) is 13.6. The highest BCUT2D eigenvalue weighted by atomic mass is 15.2. The van der Waals surface area contributed by atoms with Crippen LogP contribution in [0.3, 0.4) is 0 Å². The van der Waals surface area contributed by atoms with Gasteiger partial charge in [0.2, 0.25) is 0 Å². The molecule has 2 unspecified atom stereocenters. The van der Waals surface area contributed by atoms with Gasteiger partial charge in [-0.1, -0.05) is 37.6 Å². The van der Waals surface area contributed by atoms with Crippen molar-refractivity contribution in [1.29, 1.82) is 0 Å². The van der Waals surface area contributed by atoms with Crippen LogP contribution in [0.5, 0.6) is 0 Å². The third-order valence-electron chi connectivity index (χ3n) is 3.97. The van der Waals surface area contributed by atoms with Gasteiger partial charge in [0.15, 0.2) is 0 Å². The van der Waals surface area contributed by atoms with Crippen molar-refractivity contribution in [2.45, 2.75) is 58.8 Å². The Morgan fingerprint density at radius 2 is 1.78 bits per heavy atom. The Hall–Kier alpha value is -0.860. The van der Waals surface area contributed by atoms with Crippen LogP contribution >= 0.6 is 0 Å². The van der Waals surface area contributed by atoms with Gasteiger partial charge in [-0.3, -0.25) is 4.90 Å². The zero-order valence-electron chi connectivity index (χ0n) is 11.9. The Morgan fingerprint density at radius 1 is 1.17 bits per heavy atom. The monoisotopic (exact) mass is 246 g/mol. The molecule has 0 aromatic heterocycles. The van der Waals surface area contributed by atoms with Crippen LogP contribution in [-0.2, 0) is 13.1 Å². The van der Waals surface area contributed by atoms with Crippen LogP contribution in [0.2, 0.25) is 0 Å². The minimum absolute atomic E-state index is 0.608. The van der Waals surface area contributed by atoms with Gasteiger partial charge in [0, 0.05) is 31.7 Å². The van der Waals surface area contributed by atoms with Crippen molar-refractivity contribution in [2.24, 2.45) is 0 Å². The number of benzene rings is 1. The topological polar surface area (TPSA) is 15.3 Å². The summed E-state index contributed by atoms with van der Waals surface area (Å²) in [6, 6.07) is 10.1. The molecule has 2 nitrogen and oxygen atoms in total. The average Bonchev–Trinajstić information content (AvgIpc) is 2.80. The third-order valence-corrected chi connectivity index (χ3v) is 3.97. The van der Waals surface area contributed by atoms with Crippen molar-refractivity contribution in [3.8, 4) is 0 Å². The molecule has 0 fully saturated rings. The summed E-state index contributed by atoms with van der Waals surface area (Å²) in [6.45, 7) is 10.2. The quantitative estimate of drug-likeness (QED) is 0.829. The second-order valence-corrected chi connectivity index (χ2v) is 5.62. The Labute approximate surface area is 111 Å². The summed E-state index contributed by atoms with van der Waals surface area (Å²) < 4.78 is 0. The van der Waals surface area contributed by atoms with Crippen molar-refractivity contribution in [3.05, 3.63) is 35.4 Å². The molecule has 0 saturated heterocycles. The smallest absolute Gasteiger partial charge is 0.0243 e. The van der Waals surface area contributed by atoms with E-state index in [9.17, 15) is 0 Å². The minimum Gasteiger partial charge on any atom is -0.313 e. The standard InChI is InChI=1S/C16H26N2/c1-4-7-13(2)17-10-14(3)18-11-15-8-5-6-9-16(15)12-18/h5-6,8-9,13-14,17H,4,7,10-12H2,1-3H3. The van der Waals surface area contributed by atoms with Crippen LogP contribution in [0.25, 0.3) is 0 Å². The normalized spacial score (nSPS) is 18.6. The minimum atomic E-state index is 0.608. The van der Waals surface area contributed by atoms with Crippen molar-refractivity contribution < 1.29 is 0 Å². The lowest BCUT2D eigenvalue weighted by Gasteiger charge is -2.25. The zero-order chi connectivity index (χ0) is 13.0. The molecule has 2 atom stereocenters. The first-order valence-electron chi connectivity index (χ1n) is 7.25. The highest BCUT2D eigenvalue weighted by molar-refractivity contribution is 5.30. The van der Waals surface area contributed by atoms with Gasteiger partial charge in [-0.2, -0.15) is 0 Å². The molecule has 0 bridgehead atoms. The molecule has 0 spiro atoms. The Kier molecular flexibility index (Phi) is 4.79. The van der Waals surface area contributed by atoms with Gasteiger partial charge in [-0.15, -0.1) is 0 Å². The van der Waals surface area contributed by atoms with E-state index in [0.717, 1.165) is 19.6 Å². The fraction of sp³-hybridized carbons (Fsp3) is 0.625. The van der Waals surface area contributed by atoms with Gasteiger partial charge in [-0.05, 0) is 31.4 Å². The van der Waals surface area contributed by atoms with Crippen LogP contribution in [0.4, 0.5) is 0 Å². The molecule has 1 heterocycles. The maximum atomic E-state index is 3.65. The first-order valence-corrected chi connectivity index (χ1v) is 7.25. The van der Waals surface area contributed by atoms with Crippen LogP contribution in [0.15, 0.2) is 24.3 Å². The zero-order valence-corrected chi connectivity index (χ0v) is 11.9. The fourth-order valence-corrected chi connectivity index (χ4v) is 2.71. The lowest BCUT2D eigenvalue weighted by molar-refractivity contribution is 0.203. The van der Waals surface area contributed by atoms with Crippen molar-refractivity contribution in [3.63, 3.8) is 0 Å². The molecular formula is C16H26N2. The average molecular weight is 246 g/mol. The molecule has 1 aliphatic rings. The number of fused-ring (bicyclic) bond motifs is 1. The van der Waals surface area contributed by atoms with Crippen LogP contribution < -0.4 is 5.32 Å². The van der Waals surface area contributed by atoms with Gasteiger partial charge in [0.05, 0.1) is 0 Å². The van der Waals surface area contributed by atoms with Gasteiger partial charge >= 0.3 is 0 Å². The molecule has 100 valence electrons. The van der Waals surface area contributed by atoms with Gasteiger partial charge in [0.1, 0.15) is 0 Å². The Bertz CT molecular complexity index is 350. The molecule has 0 radical (unpaired) electrons.